The van der Waals surface area contributed by atoms with E-state index in [-0.39, 0.29) is 43.4 Å². The SMILES string of the molecule is CC(C)OCCCNC(=O)Cc1cnc(-c2ccc(Cl)cc2)[nH]1.O=C(O)Cc1cnc(-c2ccc(Cl)cc2)[nH]1.[V]. The summed E-state index contributed by atoms with van der Waals surface area (Å²) in [6.45, 7) is 5.26. The van der Waals surface area contributed by atoms with E-state index in [1.165, 1.54) is 6.20 Å². The van der Waals surface area contributed by atoms with Crippen molar-refractivity contribution >= 4 is 35.1 Å². The molecule has 0 atom stereocenters. The molecule has 1 amide bonds. The zero-order chi connectivity index (χ0) is 28.2. The molecule has 0 bridgehead atoms. The maximum absolute atomic E-state index is 11.9. The molecule has 9 nitrogen and oxygen atoms in total. The van der Waals surface area contributed by atoms with Crippen molar-refractivity contribution in [1.82, 2.24) is 25.3 Å². The first-order valence-electron chi connectivity index (χ1n) is 12.4. The number of amides is 1. The van der Waals surface area contributed by atoms with Gasteiger partial charge < -0.3 is 25.1 Å². The first kappa shape index (κ1) is 33.1. The summed E-state index contributed by atoms with van der Waals surface area (Å²) in [5.41, 5.74) is 3.18. The summed E-state index contributed by atoms with van der Waals surface area (Å²) in [4.78, 5) is 36.9. The molecule has 2 aromatic carbocycles. The van der Waals surface area contributed by atoms with Crippen LogP contribution in [-0.2, 0) is 45.7 Å². The standard InChI is InChI=1S/C17H22ClN3O2.C11H9ClN2O2.V/c1-12(2)23-9-3-8-19-16(22)10-15-11-20-17(21-15)13-4-6-14(18)7-5-13;12-8-3-1-7(2-4-8)11-13-6-9(14-11)5-10(15)16;/h4-7,11-12H,3,8-10H2,1-2H3,(H,19,22)(H,20,21);1-4,6H,5H2,(H,13,14)(H,15,16);. The van der Waals surface area contributed by atoms with Crippen LogP contribution in [0, 0.1) is 0 Å². The number of nitrogens with one attached hydrogen (secondary N) is 3. The molecule has 0 aliphatic heterocycles. The molecule has 0 saturated carbocycles. The molecule has 211 valence electrons. The van der Waals surface area contributed by atoms with Crippen molar-refractivity contribution in [2.24, 2.45) is 0 Å². The third-order valence-electron chi connectivity index (χ3n) is 5.28. The molecule has 4 rings (SSSR count). The summed E-state index contributed by atoms with van der Waals surface area (Å²) in [6.07, 6.45) is 4.47. The van der Waals surface area contributed by atoms with Crippen LogP contribution in [0.4, 0.5) is 0 Å². The van der Waals surface area contributed by atoms with Crippen molar-refractivity contribution in [3.63, 3.8) is 0 Å². The van der Waals surface area contributed by atoms with E-state index in [2.05, 4.69) is 25.3 Å². The van der Waals surface area contributed by atoms with Crippen LogP contribution in [0.2, 0.25) is 10.0 Å². The van der Waals surface area contributed by atoms with Crippen LogP contribution >= 0.6 is 23.2 Å². The second-order valence-corrected chi connectivity index (χ2v) is 9.77. The molecule has 2 heterocycles. The Hall–Kier alpha value is -3.08. The number of carboxylic acid groups (broad SMARTS) is 1. The number of carboxylic acids is 1. The average molecular weight is 623 g/mol. The zero-order valence-corrected chi connectivity index (χ0v) is 25.1. The number of aromatic amines is 2. The molecule has 2 aromatic heterocycles. The van der Waals surface area contributed by atoms with Gasteiger partial charge in [-0.25, -0.2) is 9.97 Å². The largest absolute Gasteiger partial charge is 0.481 e. The van der Waals surface area contributed by atoms with Gasteiger partial charge in [-0.05, 0) is 68.8 Å². The van der Waals surface area contributed by atoms with Gasteiger partial charge >= 0.3 is 5.97 Å². The first-order chi connectivity index (χ1) is 18.7. The van der Waals surface area contributed by atoms with Gasteiger partial charge in [0.2, 0.25) is 5.91 Å². The van der Waals surface area contributed by atoms with Crippen LogP contribution in [-0.4, -0.2) is 56.2 Å². The minimum Gasteiger partial charge on any atom is -0.481 e. The quantitative estimate of drug-likeness (QED) is 0.162. The van der Waals surface area contributed by atoms with Crippen LogP contribution in [0.25, 0.3) is 22.8 Å². The number of benzene rings is 2. The van der Waals surface area contributed by atoms with Crippen LogP contribution in [0.1, 0.15) is 31.7 Å². The third-order valence-corrected chi connectivity index (χ3v) is 5.78. The van der Waals surface area contributed by atoms with Gasteiger partial charge in [0.05, 0.1) is 18.9 Å². The van der Waals surface area contributed by atoms with Crippen molar-refractivity contribution in [2.45, 2.75) is 39.2 Å². The van der Waals surface area contributed by atoms with Crippen LogP contribution in [0.3, 0.4) is 0 Å². The number of hydrogen-bond acceptors (Lipinski definition) is 5. The Labute approximate surface area is 255 Å². The molecule has 1 radical (unpaired) electrons. The Balaban J connectivity index is 0.000000290. The van der Waals surface area contributed by atoms with Crippen molar-refractivity contribution in [1.29, 1.82) is 0 Å². The molecule has 4 N–H and O–H groups in total. The van der Waals surface area contributed by atoms with E-state index in [0.29, 0.717) is 34.7 Å². The molecule has 0 spiro atoms. The average Bonchev–Trinajstić information content (AvgIpc) is 3.54. The van der Waals surface area contributed by atoms with Gasteiger partial charge in [0.25, 0.3) is 0 Å². The smallest absolute Gasteiger partial charge is 0.309 e. The monoisotopic (exact) mass is 622 g/mol. The molecule has 4 aromatic rings. The fourth-order valence-electron chi connectivity index (χ4n) is 3.42. The second-order valence-electron chi connectivity index (χ2n) is 8.90. The van der Waals surface area contributed by atoms with Crippen LogP contribution in [0.5, 0.6) is 0 Å². The minimum atomic E-state index is -0.883. The maximum Gasteiger partial charge on any atom is 0.309 e. The Morgan fingerprint density at radius 3 is 1.80 bits per heavy atom. The van der Waals surface area contributed by atoms with Gasteiger partial charge in [-0.2, -0.15) is 0 Å². The molecular formula is C28H31Cl2N5O4V. The summed E-state index contributed by atoms with van der Waals surface area (Å²) in [7, 11) is 0. The maximum atomic E-state index is 11.9. The first-order valence-corrected chi connectivity index (χ1v) is 13.1. The Morgan fingerprint density at radius 2 is 1.35 bits per heavy atom. The molecule has 0 aliphatic rings. The van der Waals surface area contributed by atoms with Gasteiger partial charge in [0.15, 0.2) is 0 Å². The number of aliphatic carboxylic acids is 1. The van der Waals surface area contributed by atoms with E-state index in [4.69, 9.17) is 33.0 Å². The summed E-state index contributed by atoms with van der Waals surface area (Å²) >= 11 is 11.6. The number of H-pyrrole nitrogens is 2. The van der Waals surface area contributed by atoms with Gasteiger partial charge in [-0.3, -0.25) is 9.59 Å². The summed E-state index contributed by atoms with van der Waals surface area (Å²) in [5.74, 6) is 0.467. The zero-order valence-electron chi connectivity index (χ0n) is 22.2. The van der Waals surface area contributed by atoms with Crippen LogP contribution in [0.15, 0.2) is 60.9 Å². The molecule has 0 fully saturated rings. The van der Waals surface area contributed by atoms with Gasteiger partial charge in [0.1, 0.15) is 11.6 Å². The number of ether oxygens (including phenoxy) is 1. The Bertz CT molecular complexity index is 1340. The predicted octanol–water partition coefficient (Wildman–Crippen LogP) is 5.56. The number of carbonyl (C=O) groups is 2. The van der Waals surface area contributed by atoms with Crippen molar-refractivity contribution in [2.75, 3.05) is 13.2 Å². The number of hydrogen-bond donors (Lipinski definition) is 4. The number of nitrogens with zero attached hydrogens (tertiary/aromatic N) is 2. The molecule has 40 heavy (non-hydrogen) atoms. The Kier molecular flexibility index (Phi) is 14.0. The van der Waals surface area contributed by atoms with Crippen molar-refractivity contribution < 1.29 is 38.0 Å². The number of rotatable bonds is 11. The fraction of sp³-hybridized carbons (Fsp3) is 0.286. The summed E-state index contributed by atoms with van der Waals surface area (Å²) < 4.78 is 5.43. The van der Waals surface area contributed by atoms with E-state index < -0.39 is 5.97 Å². The van der Waals surface area contributed by atoms with E-state index in [1.54, 1.807) is 18.3 Å². The normalized spacial score (nSPS) is 10.4. The van der Waals surface area contributed by atoms with E-state index in [9.17, 15) is 9.59 Å². The van der Waals surface area contributed by atoms with E-state index >= 15 is 0 Å². The number of halogens is 2. The van der Waals surface area contributed by atoms with Gasteiger partial charge in [-0.15, -0.1) is 0 Å². The van der Waals surface area contributed by atoms with Gasteiger partial charge in [-0.1, -0.05) is 23.2 Å². The minimum absolute atomic E-state index is 0. The molecule has 0 unspecified atom stereocenters. The molecule has 12 heteroatoms. The molecule has 0 saturated heterocycles. The van der Waals surface area contributed by atoms with Gasteiger partial charge in [0, 0.05) is 76.7 Å². The molecule has 0 aliphatic carbocycles. The predicted molar refractivity (Wildman–Crippen MR) is 152 cm³/mol. The summed E-state index contributed by atoms with van der Waals surface area (Å²) in [5, 5.41) is 12.8. The molecular weight excluding hydrogens is 592 g/mol. The van der Waals surface area contributed by atoms with E-state index in [1.807, 2.05) is 50.2 Å². The van der Waals surface area contributed by atoms with E-state index in [0.717, 1.165) is 29.1 Å². The van der Waals surface area contributed by atoms with Crippen LogP contribution < -0.4 is 5.32 Å². The summed E-state index contributed by atoms with van der Waals surface area (Å²) in [6, 6.07) is 14.6. The second kappa shape index (κ2) is 16.9. The Morgan fingerprint density at radius 1 is 0.875 bits per heavy atom. The fourth-order valence-corrected chi connectivity index (χ4v) is 3.68. The third kappa shape index (κ3) is 11.6. The number of imidazole rings is 2. The number of aromatic nitrogens is 4. The topological polar surface area (TPSA) is 133 Å². The number of carbonyl (C=O) groups excluding carboxylic acids is 1. The van der Waals surface area contributed by atoms with Crippen molar-refractivity contribution in [3.8, 4) is 22.8 Å². The van der Waals surface area contributed by atoms with Crippen molar-refractivity contribution in [3.05, 3.63) is 82.4 Å².